The molecule has 0 radical (unpaired) electrons. The van der Waals surface area contributed by atoms with Gasteiger partial charge in [-0.2, -0.15) is 5.10 Å². The number of nitrogens with zero attached hydrogens (tertiary/aromatic N) is 4. The number of aryl methyl sites for hydroxylation is 3. The van der Waals surface area contributed by atoms with Gasteiger partial charge >= 0.3 is 12.0 Å². The van der Waals surface area contributed by atoms with Crippen molar-refractivity contribution in [3.63, 3.8) is 0 Å². The highest BCUT2D eigenvalue weighted by Crippen LogP contribution is 2.29. The molecule has 0 saturated heterocycles. The van der Waals surface area contributed by atoms with Crippen LogP contribution in [0.3, 0.4) is 0 Å². The van der Waals surface area contributed by atoms with Crippen molar-refractivity contribution in [3.05, 3.63) is 46.2 Å². The van der Waals surface area contributed by atoms with Crippen LogP contribution < -0.4 is 10.6 Å². The van der Waals surface area contributed by atoms with E-state index in [1.165, 1.54) is 7.11 Å². The quantitative estimate of drug-likeness (QED) is 0.804. The standard InChI is InChI=1S/C17H20N6O3/c1-8-6-9(2)19-16(18-8)23-7-12(10(3)22-23)14-13(15(24)26-5)11(4)20-17(25)21-14/h6-7,14H,1-5H3,(H2,20,21,25)/t14-/m0/s1. The first-order chi connectivity index (χ1) is 12.3. The average molecular weight is 356 g/mol. The number of urea groups is 1. The largest absolute Gasteiger partial charge is 0.466 e. The molecule has 9 heteroatoms. The van der Waals surface area contributed by atoms with E-state index < -0.39 is 18.0 Å². The van der Waals surface area contributed by atoms with E-state index in [1.807, 2.05) is 19.9 Å². The fraction of sp³-hybridized carbons (Fsp3) is 0.353. The summed E-state index contributed by atoms with van der Waals surface area (Å²) in [4.78, 5) is 32.9. The maximum atomic E-state index is 12.2. The van der Waals surface area contributed by atoms with Gasteiger partial charge in [0.2, 0.25) is 0 Å². The molecule has 2 aromatic heterocycles. The number of methoxy groups -OCH3 is 1. The Morgan fingerprint density at radius 3 is 2.46 bits per heavy atom. The van der Waals surface area contributed by atoms with E-state index in [9.17, 15) is 9.59 Å². The van der Waals surface area contributed by atoms with Gasteiger partial charge < -0.3 is 15.4 Å². The van der Waals surface area contributed by atoms with E-state index in [-0.39, 0.29) is 0 Å². The minimum absolute atomic E-state index is 0.330. The fourth-order valence-corrected chi connectivity index (χ4v) is 2.98. The molecule has 9 nitrogen and oxygen atoms in total. The van der Waals surface area contributed by atoms with Crippen molar-refractivity contribution < 1.29 is 14.3 Å². The number of nitrogens with one attached hydrogen (secondary N) is 2. The van der Waals surface area contributed by atoms with E-state index in [1.54, 1.807) is 24.7 Å². The molecule has 1 atom stereocenters. The van der Waals surface area contributed by atoms with Gasteiger partial charge in [0.1, 0.15) is 0 Å². The molecular weight excluding hydrogens is 336 g/mol. The highest BCUT2D eigenvalue weighted by molar-refractivity contribution is 5.94. The molecule has 3 rings (SSSR count). The molecule has 3 heterocycles. The third kappa shape index (κ3) is 3.15. The molecule has 0 bridgehead atoms. The summed E-state index contributed by atoms with van der Waals surface area (Å²) in [5.41, 5.74) is 3.74. The summed E-state index contributed by atoms with van der Waals surface area (Å²) in [7, 11) is 1.30. The predicted octanol–water partition coefficient (Wildman–Crippen LogP) is 1.39. The van der Waals surface area contributed by atoms with E-state index in [0.717, 1.165) is 11.4 Å². The molecule has 0 saturated carbocycles. The van der Waals surface area contributed by atoms with Crippen LogP contribution in [0.15, 0.2) is 23.5 Å². The molecule has 0 aromatic carbocycles. The molecular formula is C17H20N6O3. The van der Waals surface area contributed by atoms with Gasteiger partial charge in [0.15, 0.2) is 0 Å². The Morgan fingerprint density at radius 2 is 1.85 bits per heavy atom. The molecule has 2 aromatic rings. The van der Waals surface area contributed by atoms with Crippen molar-refractivity contribution in [3.8, 4) is 5.95 Å². The summed E-state index contributed by atoms with van der Waals surface area (Å²) in [5.74, 6) is -0.0905. The Kier molecular flexibility index (Phi) is 4.45. The van der Waals surface area contributed by atoms with Gasteiger partial charge in [-0.15, -0.1) is 0 Å². The number of ether oxygens (including phenoxy) is 1. The predicted molar refractivity (Wildman–Crippen MR) is 92.5 cm³/mol. The molecule has 0 aliphatic carbocycles. The number of hydrogen-bond donors (Lipinski definition) is 2. The Hall–Kier alpha value is -3.23. The van der Waals surface area contributed by atoms with Crippen LogP contribution in [0.2, 0.25) is 0 Å². The first kappa shape index (κ1) is 17.6. The van der Waals surface area contributed by atoms with Crippen LogP contribution in [0.1, 0.15) is 35.6 Å². The van der Waals surface area contributed by atoms with Crippen LogP contribution >= 0.6 is 0 Å². The third-order valence-corrected chi connectivity index (χ3v) is 4.10. The monoisotopic (exact) mass is 356 g/mol. The van der Waals surface area contributed by atoms with E-state index in [2.05, 4.69) is 25.7 Å². The fourth-order valence-electron chi connectivity index (χ4n) is 2.98. The molecule has 1 aliphatic heterocycles. The number of allylic oxidation sites excluding steroid dienone is 1. The Bertz CT molecular complexity index is 910. The highest BCUT2D eigenvalue weighted by atomic mass is 16.5. The molecule has 0 spiro atoms. The van der Waals surface area contributed by atoms with Crippen molar-refractivity contribution >= 4 is 12.0 Å². The van der Waals surface area contributed by atoms with Gasteiger partial charge in [-0.05, 0) is 33.8 Å². The van der Waals surface area contributed by atoms with Crippen molar-refractivity contribution in [1.82, 2.24) is 30.4 Å². The van der Waals surface area contributed by atoms with Crippen molar-refractivity contribution in [1.29, 1.82) is 0 Å². The normalized spacial score (nSPS) is 17.0. The first-order valence-corrected chi connectivity index (χ1v) is 8.05. The molecule has 0 fully saturated rings. The average Bonchev–Trinajstić information content (AvgIpc) is 2.94. The lowest BCUT2D eigenvalue weighted by atomic mass is 9.96. The van der Waals surface area contributed by atoms with Gasteiger partial charge in [0.05, 0.1) is 24.4 Å². The maximum Gasteiger partial charge on any atom is 0.337 e. The molecule has 2 N–H and O–H groups in total. The van der Waals surface area contributed by atoms with E-state index in [4.69, 9.17) is 4.74 Å². The zero-order valence-corrected chi connectivity index (χ0v) is 15.2. The number of aromatic nitrogens is 4. The summed E-state index contributed by atoms with van der Waals surface area (Å²) in [6, 6.07) is 0.806. The lowest BCUT2D eigenvalue weighted by molar-refractivity contribution is -0.136. The molecule has 136 valence electrons. The van der Waals surface area contributed by atoms with Gasteiger partial charge in [-0.3, -0.25) is 0 Å². The number of rotatable bonds is 3. The van der Waals surface area contributed by atoms with Crippen LogP contribution in [-0.4, -0.2) is 38.9 Å². The summed E-state index contributed by atoms with van der Waals surface area (Å²) in [6.45, 7) is 7.21. The number of carbonyl (C=O) groups is 2. The van der Waals surface area contributed by atoms with E-state index in [0.29, 0.717) is 28.5 Å². The number of amides is 2. The second-order valence-electron chi connectivity index (χ2n) is 6.13. The van der Waals surface area contributed by atoms with Crippen LogP contribution in [-0.2, 0) is 9.53 Å². The second-order valence-corrected chi connectivity index (χ2v) is 6.13. The maximum absolute atomic E-state index is 12.2. The van der Waals surface area contributed by atoms with Gasteiger partial charge in [0.25, 0.3) is 5.95 Å². The van der Waals surface area contributed by atoms with Crippen LogP contribution in [0, 0.1) is 20.8 Å². The topological polar surface area (TPSA) is 111 Å². The molecule has 0 unspecified atom stereocenters. The van der Waals surface area contributed by atoms with E-state index >= 15 is 0 Å². The molecule has 26 heavy (non-hydrogen) atoms. The van der Waals surface area contributed by atoms with Crippen LogP contribution in [0.5, 0.6) is 0 Å². The zero-order chi connectivity index (χ0) is 19.0. The van der Waals surface area contributed by atoms with Gasteiger partial charge in [-0.1, -0.05) is 0 Å². The smallest absolute Gasteiger partial charge is 0.337 e. The lowest BCUT2D eigenvalue weighted by Crippen LogP contribution is -2.45. The lowest BCUT2D eigenvalue weighted by Gasteiger charge is -2.27. The molecule has 2 amide bonds. The summed E-state index contributed by atoms with van der Waals surface area (Å²) < 4.78 is 6.41. The summed E-state index contributed by atoms with van der Waals surface area (Å²) in [5, 5.41) is 9.80. The second kappa shape index (κ2) is 6.58. The minimum Gasteiger partial charge on any atom is -0.466 e. The highest BCUT2D eigenvalue weighted by Gasteiger charge is 2.34. The number of esters is 1. The summed E-state index contributed by atoms with van der Waals surface area (Å²) >= 11 is 0. The number of hydrogen-bond acceptors (Lipinski definition) is 6. The Morgan fingerprint density at radius 1 is 1.19 bits per heavy atom. The van der Waals surface area contributed by atoms with Gasteiger partial charge in [0, 0.05) is 28.8 Å². The third-order valence-electron chi connectivity index (χ3n) is 4.10. The van der Waals surface area contributed by atoms with Gasteiger partial charge in [-0.25, -0.2) is 24.2 Å². The first-order valence-electron chi connectivity index (χ1n) is 8.05. The minimum atomic E-state index is -0.671. The Labute approximate surface area is 150 Å². The Balaban J connectivity index is 2.09. The zero-order valence-electron chi connectivity index (χ0n) is 15.2. The molecule has 1 aliphatic rings. The van der Waals surface area contributed by atoms with Crippen molar-refractivity contribution in [2.24, 2.45) is 0 Å². The van der Waals surface area contributed by atoms with Crippen LogP contribution in [0.4, 0.5) is 4.79 Å². The van der Waals surface area contributed by atoms with Crippen LogP contribution in [0.25, 0.3) is 5.95 Å². The van der Waals surface area contributed by atoms with Crippen molar-refractivity contribution in [2.45, 2.75) is 33.7 Å². The number of carbonyl (C=O) groups excluding carboxylic acids is 2. The van der Waals surface area contributed by atoms with Crippen molar-refractivity contribution in [2.75, 3.05) is 7.11 Å². The SMILES string of the molecule is COC(=O)C1=C(C)NC(=O)N[C@H]1c1cn(-c2nc(C)cc(C)n2)nc1C. The summed E-state index contributed by atoms with van der Waals surface area (Å²) in [6.07, 6.45) is 1.72.